The minimum atomic E-state index is -0.339. The highest BCUT2D eigenvalue weighted by Crippen LogP contribution is 2.39. The van der Waals surface area contributed by atoms with E-state index in [2.05, 4.69) is 21.2 Å². The van der Waals surface area contributed by atoms with Gasteiger partial charge in [0.25, 0.3) is 0 Å². The molecule has 7 nitrogen and oxygen atoms in total. The molecule has 1 fully saturated rings. The zero-order chi connectivity index (χ0) is 22.7. The molecule has 2 aromatic rings. The lowest BCUT2D eigenvalue weighted by atomic mass is 10.1. The molecule has 0 saturated carbocycles. The van der Waals surface area contributed by atoms with E-state index in [0.29, 0.717) is 23.6 Å². The van der Waals surface area contributed by atoms with E-state index in [1.165, 1.54) is 12.7 Å². The number of halogens is 2. The van der Waals surface area contributed by atoms with Crippen molar-refractivity contribution in [3.63, 3.8) is 0 Å². The number of carbonyl (C=O) groups is 2. The normalized spacial score (nSPS) is 18.4. The Labute approximate surface area is 205 Å². The van der Waals surface area contributed by atoms with Gasteiger partial charge >= 0.3 is 0 Å². The van der Waals surface area contributed by atoms with E-state index >= 15 is 0 Å². The number of ether oxygens (including phenoxy) is 2. The Morgan fingerprint density at radius 1 is 1.06 bits per heavy atom. The summed E-state index contributed by atoms with van der Waals surface area (Å²) in [6.45, 7) is 4.59. The summed E-state index contributed by atoms with van der Waals surface area (Å²) in [6.07, 6.45) is 0.255. The topological polar surface area (TPSA) is 71.1 Å². The zero-order valence-corrected chi connectivity index (χ0v) is 20.4. The van der Waals surface area contributed by atoms with E-state index in [-0.39, 0.29) is 36.6 Å². The van der Waals surface area contributed by atoms with Gasteiger partial charge in [-0.1, -0.05) is 23.7 Å². The minimum Gasteiger partial charge on any atom is -0.493 e. The Morgan fingerprint density at radius 2 is 1.73 bits per heavy atom. The number of amides is 1. The fourth-order valence-corrected chi connectivity index (χ4v) is 4.61. The largest absolute Gasteiger partial charge is 0.493 e. The van der Waals surface area contributed by atoms with Gasteiger partial charge in [0.15, 0.2) is 17.3 Å². The van der Waals surface area contributed by atoms with Crippen LogP contribution in [0.2, 0.25) is 5.02 Å². The molecule has 1 atom stereocenters. The van der Waals surface area contributed by atoms with E-state index in [4.69, 9.17) is 21.1 Å². The lowest BCUT2D eigenvalue weighted by molar-refractivity contribution is -0.123. The molecule has 1 heterocycles. The van der Waals surface area contributed by atoms with Gasteiger partial charge in [-0.15, -0.1) is 12.4 Å². The maximum atomic E-state index is 12.7. The highest BCUT2D eigenvalue weighted by molar-refractivity contribution is 6.30. The molecule has 0 bridgehead atoms. The fraction of sp³-hybridized carbons (Fsp3) is 0.417. The summed E-state index contributed by atoms with van der Waals surface area (Å²) >= 11 is 6.08. The summed E-state index contributed by atoms with van der Waals surface area (Å²) in [7, 11) is 3.10. The molecule has 2 aliphatic rings. The van der Waals surface area contributed by atoms with Crippen LogP contribution in [0.5, 0.6) is 11.5 Å². The lowest BCUT2D eigenvalue weighted by Gasteiger charge is -2.34. The Balaban J connectivity index is 0.00000306. The standard InChI is InChI=1S/C24H28ClN3O4.ClH/c1-31-22-11-18-19(12-23(22)32-2)21(29)13-20(18)26-24(30)15-28-8-6-27(7-9-28)14-16-4-3-5-17(25)10-16;/h3-5,10-12,20H,6-9,13-15H2,1-2H3,(H,26,30);1H. The van der Waals surface area contributed by atoms with Crippen LogP contribution in [0.4, 0.5) is 0 Å². The Bertz CT molecular complexity index is 1010. The lowest BCUT2D eigenvalue weighted by Crippen LogP contribution is -2.49. The van der Waals surface area contributed by atoms with E-state index in [0.717, 1.165) is 43.3 Å². The van der Waals surface area contributed by atoms with Gasteiger partial charge in [-0.25, -0.2) is 0 Å². The van der Waals surface area contributed by atoms with Crippen LogP contribution in [-0.4, -0.2) is 68.4 Å². The van der Waals surface area contributed by atoms with E-state index in [1.54, 1.807) is 19.2 Å². The van der Waals surface area contributed by atoms with Gasteiger partial charge < -0.3 is 14.8 Å². The summed E-state index contributed by atoms with van der Waals surface area (Å²) in [4.78, 5) is 29.7. The first-order valence-corrected chi connectivity index (χ1v) is 11.1. The molecule has 2 aromatic carbocycles. The molecule has 178 valence electrons. The second-order valence-electron chi connectivity index (χ2n) is 8.22. The maximum absolute atomic E-state index is 12.7. The third-order valence-corrected chi connectivity index (χ3v) is 6.32. The SMILES string of the molecule is COc1cc2c(cc1OC)C(NC(=O)CN1CCN(Cc3cccc(Cl)c3)CC1)CC2=O.Cl. The van der Waals surface area contributed by atoms with Crippen LogP contribution in [0.25, 0.3) is 0 Å². The summed E-state index contributed by atoms with van der Waals surface area (Å²) < 4.78 is 10.7. The van der Waals surface area contributed by atoms with Gasteiger partial charge in [0, 0.05) is 49.7 Å². The molecular formula is C24H29Cl2N3O4. The average molecular weight is 494 g/mol. The third kappa shape index (κ3) is 5.98. The van der Waals surface area contributed by atoms with Crippen molar-refractivity contribution in [1.82, 2.24) is 15.1 Å². The molecule has 1 aliphatic carbocycles. The number of carbonyl (C=O) groups excluding carboxylic acids is 2. The molecule has 4 rings (SSSR count). The van der Waals surface area contributed by atoms with Crippen molar-refractivity contribution in [2.24, 2.45) is 0 Å². The maximum Gasteiger partial charge on any atom is 0.234 e. The van der Waals surface area contributed by atoms with E-state index in [1.807, 2.05) is 18.2 Å². The number of Topliss-reactive ketones (excluding diaryl/α,β-unsaturated/α-hetero) is 1. The van der Waals surface area contributed by atoms with Crippen molar-refractivity contribution in [2.75, 3.05) is 46.9 Å². The Kier molecular flexibility index (Phi) is 8.59. The van der Waals surface area contributed by atoms with Crippen LogP contribution in [-0.2, 0) is 11.3 Å². The summed E-state index contributed by atoms with van der Waals surface area (Å²) in [5, 5.41) is 3.78. The van der Waals surface area contributed by atoms with Gasteiger partial charge in [0.2, 0.25) is 5.91 Å². The second kappa shape index (κ2) is 11.2. The molecular weight excluding hydrogens is 465 g/mol. The highest BCUT2D eigenvalue weighted by atomic mass is 35.5. The molecule has 1 amide bonds. The molecule has 33 heavy (non-hydrogen) atoms. The quantitative estimate of drug-likeness (QED) is 0.637. The van der Waals surface area contributed by atoms with Crippen molar-refractivity contribution >= 4 is 35.7 Å². The highest BCUT2D eigenvalue weighted by Gasteiger charge is 2.32. The molecule has 0 aromatic heterocycles. The number of hydrogen-bond acceptors (Lipinski definition) is 6. The number of methoxy groups -OCH3 is 2. The van der Waals surface area contributed by atoms with Crippen LogP contribution in [0.15, 0.2) is 36.4 Å². The van der Waals surface area contributed by atoms with Crippen molar-refractivity contribution in [3.05, 3.63) is 58.1 Å². The third-order valence-electron chi connectivity index (χ3n) is 6.08. The number of piperazine rings is 1. The van der Waals surface area contributed by atoms with Gasteiger partial charge in [-0.3, -0.25) is 19.4 Å². The molecule has 0 radical (unpaired) electrons. The molecule has 1 unspecified atom stereocenters. The van der Waals surface area contributed by atoms with Crippen LogP contribution >= 0.6 is 24.0 Å². The summed E-state index contributed by atoms with van der Waals surface area (Å²) in [5.74, 6) is 0.993. The Morgan fingerprint density at radius 3 is 2.39 bits per heavy atom. The summed E-state index contributed by atoms with van der Waals surface area (Å²) in [5.41, 5.74) is 2.57. The van der Waals surface area contributed by atoms with Crippen molar-refractivity contribution in [1.29, 1.82) is 0 Å². The Hall–Kier alpha value is -2.32. The minimum absolute atomic E-state index is 0. The average Bonchev–Trinajstić information content (AvgIpc) is 3.08. The van der Waals surface area contributed by atoms with Crippen LogP contribution in [0, 0.1) is 0 Å². The smallest absolute Gasteiger partial charge is 0.234 e. The van der Waals surface area contributed by atoms with Crippen LogP contribution in [0.1, 0.15) is 33.9 Å². The monoisotopic (exact) mass is 493 g/mol. The van der Waals surface area contributed by atoms with Crippen molar-refractivity contribution in [2.45, 2.75) is 19.0 Å². The number of rotatable bonds is 7. The van der Waals surface area contributed by atoms with Gasteiger partial charge in [-0.2, -0.15) is 0 Å². The first kappa shape index (κ1) is 25.3. The number of nitrogens with one attached hydrogen (secondary N) is 1. The van der Waals surface area contributed by atoms with Crippen molar-refractivity contribution < 1.29 is 19.1 Å². The summed E-state index contributed by atoms with van der Waals surface area (Å²) in [6, 6.07) is 11.1. The van der Waals surface area contributed by atoms with Crippen LogP contribution < -0.4 is 14.8 Å². The predicted octanol–water partition coefficient (Wildman–Crippen LogP) is 3.34. The van der Waals surface area contributed by atoms with Gasteiger partial charge in [0.05, 0.1) is 26.8 Å². The molecule has 1 saturated heterocycles. The first-order valence-electron chi connectivity index (χ1n) is 10.7. The number of nitrogens with zero attached hydrogens (tertiary/aromatic N) is 2. The molecule has 1 N–H and O–H groups in total. The molecule has 1 aliphatic heterocycles. The number of hydrogen-bond donors (Lipinski definition) is 1. The van der Waals surface area contributed by atoms with Gasteiger partial charge in [0.1, 0.15) is 0 Å². The number of benzene rings is 2. The predicted molar refractivity (Wildman–Crippen MR) is 130 cm³/mol. The van der Waals surface area contributed by atoms with E-state index < -0.39 is 0 Å². The van der Waals surface area contributed by atoms with E-state index in [9.17, 15) is 9.59 Å². The zero-order valence-electron chi connectivity index (χ0n) is 18.8. The fourth-order valence-electron chi connectivity index (χ4n) is 4.40. The van der Waals surface area contributed by atoms with Gasteiger partial charge in [-0.05, 0) is 35.4 Å². The van der Waals surface area contributed by atoms with Crippen LogP contribution in [0.3, 0.4) is 0 Å². The second-order valence-corrected chi connectivity index (χ2v) is 8.66. The molecule has 9 heteroatoms. The first-order chi connectivity index (χ1) is 15.5. The molecule has 0 spiro atoms. The number of fused-ring (bicyclic) bond motifs is 1. The number of ketones is 1. The van der Waals surface area contributed by atoms with Crippen molar-refractivity contribution in [3.8, 4) is 11.5 Å².